The second-order valence-electron chi connectivity index (χ2n) is 8.43. The molecule has 1 heterocycles. The molecular weight excluding hydrogens is 446 g/mol. The first-order valence-corrected chi connectivity index (χ1v) is 11.1. The second-order valence-corrected chi connectivity index (χ2v) is 8.83. The van der Waals surface area contributed by atoms with Gasteiger partial charge in [0, 0.05) is 54.9 Å². The molecule has 0 aromatic heterocycles. The van der Waals surface area contributed by atoms with Crippen molar-refractivity contribution in [1.82, 2.24) is 9.80 Å². The van der Waals surface area contributed by atoms with Crippen LogP contribution < -0.4 is 0 Å². The Bertz CT molecular complexity index is 1200. The summed E-state index contributed by atoms with van der Waals surface area (Å²) < 4.78 is 28.5. The fraction of sp³-hybridized carbons (Fsp3) is 0.231. The molecule has 0 spiro atoms. The highest BCUT2D eigenvalue weighted by atomic mass is 35.5. The molecule has 168 valence electrons. The Morgan fingerprint density at radius 2 is 1.33 bits per heavy atom. The predicted octanol–water partition coefficient (Wildman–Crippen LogP) is 4.71. The van der Waals surface area contributed by atoms with E-state index in [1.807, 2.05) is 24.3 Å². The van der Waals surface area contributed by atoms with Gasteiger partial charge in [0.15, 0.2) is 17.1 Å². The molecule has 4 nitrogen and oxygen atoms in total. The monoisotopic (exact) mass is 466 g/mol. The third-order valence-electron chi connectivity index (χ3n) is 6.55. The molecule has 0 N–H and O–H groups in total. The minimum Gasteiger partial charge on any atom is -0.296 e. The average Bonchev–Trinajstić information content (AvgIpc) is 3.03. The largest absolute Gasteiger partial charge is 0.296 e. The molecule has 0 bridgehead atoms. The fourth-order valence-corrected chi connectivity index (χ4v) is 5.17. The van der Waals surface area contributed by atoms with E-state index in [1.54, 1.807) is 29.2 Å². The van der Waals surface area contributed by atoms with Gasteiger partial charge >= 0.3 is 0 Å². The van der Waals surface area contributed by atoms with Gasteiger partial charge in [0.25, 0.3) is 0 Å². The highest BCUT2D eigenvalue weighted by Crippen LogP contribution is 2.43. The number of carbonyl (C=O) groups is 2. The summed E-state index contributed by atoms with van der Waals surface area (Å²) in [5.74, 6) is -2.52. The summed E-state index contributed by atoms with van der Waals surface area (Å²) in [7, 11) is 0. The van der Waals surface area contributed by atoms with E-state index in [0.29, 0.717) is 37.7 Å². The summed E-state index contributed by atoms with van der Waals surface area (Å²) in [6.45, 7) is 2.54. The molecule has 1 aliphatic heterocycles. The van der Waals surface area contributed by atoms with E-state index in [0.717, 1.165) is 23.8 Å². The van der Waals surface area contributed by atoms with Gasteiger partial charge < -0.3 is 0 Å². The average molecular weight is 467 g/mol. The van der Waals surface area contributed by atoms with Crippen molar-refractivity contribution in [2.75, 3.05) is 26.2 Å². The Hall–Kier alpha value is -2.93. The quantitative estimate of drug-likeness (QED) is 0.522. The van der Waals surface area contributed by atoms with Crippen LogP contribution in [0.2, 0.25) is 5.02 Å². The van der Waals surface area contributed by atoms with Crippen LogP contribution in [0, 0.1) is 11.6 Å². The van der Waals surface area contributed by atoms with E-state index < -0.39 is 28.7 Å². The predicted molar refractivity (Wildman–Crippen MR) is 121 cm³/mol. The fourth-order valence-electron chi connectivity index (χ4n) is 4.98. The molecule has 1 aliphatic carbocycles. The Balaban J connectivity index is 1.50. The van der Waals surface area contributed by atoms with Gasteiger partial charge in [-0.15, -0.1) is 0 Å². The number of hydrogen-bond acceptors (Lipinski definition) is 4. The van der Waals surface area contributed by atoms with Crippen LogP contribution in [0.5, 0.6) is 0 Å². The third-order valence-corrected chi connectivity index (χ3v) is 6.92. The molecular formula is C26H21ClF2N2O2. The van der Waals surface area contributed by atoms with Crippen molar-refractivity contribution in [3.8, 4) is 0 Å². The summed E-state index contributed by atoms with van der Waals surface area (Å²) in [5.41, 5.74) is -0.180. The molecule has 0 amide bonds. The number of benzene rings is 3. The maximum atomic E-state index is 14.2. The van der Waals surface area contributed by atoms with Gasteiger partial charge in [-0.05, 0) is 29.3 Å². The number of ketones is 2. The van der Waals surface area contributed by atoms with E-state index in [9.17, 15) is 18.4 Å². The van der Waals surface area contributed by atoms with Crippen molar-refractivity contribution in [3.05, 3.63) is 106 Å². The van der Waals surface area contributed by atoms with Gasteiger partial charge in [0.2, 0.25) is 0 Å². The number of fused-ring (bicyclic) bond motifs is 1. The lowest BCUT2D eigenvalue weighted by atomic mass is 9.82. The van der Waals surface area contributed by atoms with E-state index in [4.69, 9.17) is 11.6 Å². The van der Waals surface area contributed by atoms with Crippen molar-refractivity contribution < 1.29 is 18.4 Å². The van der Waals surface area contributed by atoms with Crippen molar-refractivity contribution in [2.24, 2.45) is 0 Å². The Labute approximate surface area is 195 Å². The van der Waals surface area contributed by atoms with Crippen molar-refractivity contribution >= 4 is 23.2 Å². The van der Waals surface area contributed by atoms with E-state index >= 15 is 0 Å². The molecule has 2 aliphatic rings. The lowest BCUT2D eigenvalue weighted by molar-refractivity contribution is 0.0278. The number of rotatable bonds is 4. The van der Waals surface area contributed by atoms with Crippen LogP contribution in [0.15, 0.2) is 66.7 Å². The first kappa shape index (κ1) is 21.9. The van der Waals surface area contributed by atoms with E-state index in [2.05, 4.69) is 4.90 Å². The normalized spacial score (nSPS) is 18.5. The maximum absolute atomic E-state index is 14.2. The Kier molecular flexibility index (Phi) is 5.60. The molecule has 0 radical (unpaired) electrons. The van der Waals surface area contributed by atoms with Crippen molar-refractivity contribution in [2.45, 2.75) is 12.1 Å². The number of hydrogen-bond donors (Lipinski definition) is 0. The number of carbonyl (C=O) groups excluding carboxylic acids is 2. The van der Waals surface area contributed by atoms with E-state index in [1.165, 1.54) is 0 Å². The zero-order chi connectivity index (χ0) is 23.2. The standard InChI is InChI=1S/C26H21ClF2N2O2/c27-23-8-4-1-5-17(23)16-30-9-11-31(12-10-30)26(18-13-19(28)15-20(29)14-18)24(32)21-6-2-3-7-22(21)25(26)33/h1-8,13-15H,9-12,16H2. The minimum absolute atomic E-state index is 0.0331. The lowest BCUT2D eigenvalue weighted by Gasteiger charge is -2.44. The minimum atomic E-state index is -1.77. The summed E-state index contributed by atoms with van der Waals surface area (Å²) in [4.78, 5) is 31.4. The van der Waals surface area contributed by atoms with Crippen LogP contribution in [-0.4, -0.2) is 47.5 Å². The molecule has 1 saturated heterocycles. The van der Waals surface area contributed by atoms with Gasteiger partial charge in [-0.25, -0.2) is 8.78 Å². The number of nitrogens with zero attached hydrogens (tertiary/aromatic N) is 2. The van der Waals surface area contributed by atoms with Gasteiger partial charge in [-0.3, -0.25) is 19.4 Å². The zero-order valence-electron chi connectivity index (χ0n) is 17.7. The highest BCUT2D eigenvalue weighted by Gasteiger charge is 2.58. The first-order chi connectivity index (χ1) is 15.9. The van der Waals surface area contributed by atoms with Gasteiger partial charge in [0.1, 0.15) is 11.6 Å². The third kappa shape index (κ3) is 3.59. The molecule has 1 fully saturated rings. The molecule has 0 saturated carbocycles. The highest BCUT2D eigenvalue weighted by molar-refractivity contribution is 6.33. The summed E-state index contributed by atoms with van der Waals surface area (Å²) in [6, 6.07) is 17.1. The molecule has 3 aromatic carbocycles. The zero-order valence-corrected chi connectivity index (χ0v) is 18.5. The first-order valence-electron chi connectivity index (χ1n) is 10.8. The number of piperazine rings is 1. The molecule has 7 heteroatoms. The Morgan fingerprint density at radius 3 is 1.91 bits per heavy atom. The van der Waals surface area contributed by atoms with Gasteiger partial charge in [-0.2, -0.15) is 0 Å². The van der Waals surface area contributed by atoms with Crippen molar-refractivity contribution in [3.63, 3.8) is 0 Å². The molecule has 0 atom stereocenters. The van der Waals surface area contributed by atoms with Crippen LogP contribution in [0.4, 0.5) is 8.78 Å². The summed E-state index contributed by atoms with van der Waals surface area (Å²) in [6.07, 6.45) is 0. The van der Waals surface area contributed by atoms with Gasteiger partial charge in [-0.1, -0.05) is 54.1 Å². The molecule has 5 rings (SSSR count). The SMILES string of the molecule is O=C1c2ccccc2C(=O)C1(c1cc(F)cc(F)c1)N1CCN(Cc2ccccc2Cl)CC1. The second kappa shape index (κ2) is 8.45. The van der Waals surface area contributed by atoms with Crippen LogP contribution in [0.1, 0.15) is 31.8 Å². The van der Waals surface area contributed by atoms with E-state index in [-0.39, 0.29) is 16.7 Å². The van der Waals surface area contributed by atoms with Crippen LogP contribution in [0.3, 0.4) is 0 Å². The Morgan fingerprint density at radius 1 is 0.788 bits per heavy atom. The molecule has 33 heavy (non-hydrogen) atoms. The number of halogens is 3. The van der Waals surface area contributed by atoms with Crippen LogP contribution >= 0.6 is 11.6 Å². The summed E-state index contributed by atoms with van der Waals surface area (Å²) >= 11 is 6.30. The topological polar surface area (TPSA) is 40.6 Å². The van der Waals surface area contributed by atoms with Gasteiger partial charge in [0.05, 0.1) is 0 Å². The molecule has 0 unspecified atom stereocenters. The maximum Gasteiger partial charge on any atom is 0.196 e. The van der Waals surface area contributed by atoms with Crippen LogP contribution in [0.25, 0.3) is 0 Å². The van der Waals surface area contributed by atoms with Crippen LogP contribution in [-0.2, 0) is 12.1 Å². The lowest BCUT2D eigenvalue weighted by Crippen LogP contribution is -2.60. The molecule has 3 aromatic rings. The smallest absolute Gasteiger partial charge is 0.196 e. The summed E-state index contributed by atoms with van der Waals surface area (Å²) in [5, 5.41) is 0.684. The number of Topliss-reactive ketones (excluding diaryl/α,β-unsaturated/α-hetero) is 2. The van der Waals surface area contributed by atoms with Crippen molar-refractivity contribution in [1.29, 1.82) is 0 Å².